The smallest absolute Gasteiger partial charge is 0.0317 e. The van der Waals surface area contributed by atoms with Gasteiger partial charge in [0.05, 0.1) is 0 Å². The molecule has 0 spiro atoms. The van der Waals surface area contributed by atoms with Gasteiger partial charge in [-0.05, 0) is 38.5 Å². The van der Waals surface area contributed by atoms with Crippen molar-refractivity contribution in [3.05, 3.63) is 27.5 Å². The van der Waals surface area contributed by atoms with E-state index in [1.54, 1.807) is 11.3 Å². The topological polar surface area (TPSA) is 26.0 Å². The Kier molecular flexibility index (Phi) is 3.06. The Morgan fingerprint density at radius 3 is 2.75 bits per heavy atom. The van der Waals surface area contributed by atoms with Crippen LogP contribution in [0.1, 0.15) is 35.2 Å². The summed E-state index contributed by atoms with van der Waals surface area (Å²) in [5.41, 5.74) is 7.09. The zero-order valence-electron chi connectivity index (χ0n) is 7.79. The van der Waals surface area contributed by atoms with E-state index in [4.69, 9.17) is 5.73 Å². The molecule has 0 aliphatic rings. The predicted molar refractivity (Wildman–Crippen MR) is 56.4 cm³/mol. The van der Waals surface area contributed by atoms with E-state index < -0.39 is 0 Å². The second kappa shape index (κ2) is 3.87. The van der Waals surface area contributed by atoms with Gasteiger partial charge in [0.25, 0.3) is 0 Å². The summed E-state index contributed by atoms with van der Waals surface area (Å²) in [5.74, 6) is 0. The van der Waals surface area contributed by atoms with Gasteiger partial charge in [-0.25, -0.2) is 0 Å². The third kappa shape index (κ3) is 1.96. The average molecular weight is 181 g/mol. The molecule has 2 N–H and O–H groups in total. The molecule has 66 valence electrons. The zero-order chi connectivity index (χ0) is 9.14. The van der Waals surface area contributed by atoms with Crippen molar-refractivity contribution in [2.45, 2.75) is 26.8 Å². The molecule has 1 heterocycles. The highest BCUT2D eigenvalue weighted by molar-refractivity contribution is 7.13. The summed E-state index contributed by atoms with van der Waals surface area (Å²) in [6.07, 6.45) is 4.17. The van der Waals surface area contributed by atoms with Crippen LogP contribution in [0.2, 0.25) is 0 Å². The molecule has 1 rings (SSSR count). The van der Waals surface area contributed by atoms with Gasteiger partial charge in [0.2, 0.25) is 0 Å². The molecular formula is C10H15NS. The molecule has 0 bridgehead atoms. The van der Waals surface area contributed by atoms with Gasteiger partial charge in [-0.3, -0.25) is 0 Å². The lowest BCUT2D eigenvalue weighted by Crippen LogP contribution is -2.04. The molecule has 0 amide bonds. The van der Waals surface area contributed by atoms with E-state index in [2.05, 4.69) is 25.1 Å². The molecule has 0 saturated carbocycles. The molecule has 0 radical (unpaired) electrons. The van der Waals surface area contributed by atoms with Crippen LogP contribution in [-0.4, -0.2) is 0 Å². The summed E-state index contributed by atoms with van der Waals surface area (Å²) < 4.78 is 0. The van der Waals surface area contributed by atoms with E-state index in [9.17, 15) is 0 Å². The fraction of sp³-hybridized carbons (Fsp3) is 0.400. The van der Waals surface area contributed by atoms with Crippen LogP contribution in [0.3, 0.4) is 0 Å². The maximum absolute atomic E-state index is 5.83. The molecule has 2 heteroatoms. The number of allylic oxidation sites excluding steroid dienone is 1. The lowest BCUT2D eigenvalue weighted by atomic mass is 10.1. The highest BCUT2D eigenvalue weighted by atomic mass is 32.1. The molecule has 1 aromatic rings. The third-order valence-corrected chi connectivity index (χ3v) is 2.75. The van der Waals surface area contributed by atoms with Crippen LogP contribution in [-0.2, 0) is 0 Å². The van der Waals surface area contributed by atoms with E-state index in [0.717, 1.165) is 0 Å². The molecule has 0 aromatic carbocycles. The van der Waals surface area contributed by atoms with Gasteiger partial charge < -0.3 is 5.73 Å². The largest absolute Gasteiger partial charge is 0.324 e. The minimum absolute atomic E-state index is 0.140. The van der Waals surface area contributed by atoms with Crippen molar-refractivity contribution in [3.63, 3.8) is 0 Å². The van der Waals surface area contributed by atoms with Gasteiger partial charge in [0.15, 0.2) is 0 Å². The van der Waals surface area contributed by atoms with Gasteiger partial charge in [0.1, 0.15) is 0 Å². The molecule has 1 unspecified atom stereocenters. The van der Waals surface area contributed by atoms with Crippen molar-refractivity contribution in [3.8, 4) is 0 Å². The molecule has 1 aromatic heterocycles. The Labute approximate surface area is 77.9 Å². The number of aryl methyl sites for hydroxylation is 1. The van der Waals surface area contributed by atoms with Crippen LogP contribution in [0.25, 0.3) is 6.08 Å². The van der Waals surface area contributed by atoms with E-state index in [0.29, 0.717) is 0 Å². The van der Waals surface area contributed by atoms with E-state index in [1.807, 2.05) is 13.8 Å². The summed E-state index contributed by atoms with van der Waals surface area (Å²) in [5, 5.41) is 0. The fourth-order valence-electron chi connectivity index (χ4n) is 1.19. The Bertz CT molecular complexity index is 284. The van der Waals surface area contributed by atoms with Crippen molar-refractivity contribution in [2.24, 2.45) is 5.73 Å². The Balaban J connectivity index is 3.08. The van der Waals surface area contributed by atoms with Gasteiger partial charge in [-0.15, -0.1) is 11.3 Å². The monoisotopic (exact) mass is 181 g/mol. The van der Waals surface area contributed by atoms with Crippen LogP contribution in [0.4, 0.5) is 0 Å². The number of nitrogens with two attached hydrogens (primary N) is 1. The molecule has 0 saturated heterocycles. The first-order chi connectivity index (χ1) is 5.65. The van der Waals surface area contributed by atoms with Gasteiger partial charge in [-0.1, -0.05) is 6.08 Å². The highest BCUT2D eigenvalue weighted by Gasteiger charge is 2.07. The standard InChI is InChI=1S/C10H15NS/c1-4-5-10-9(8(3)11)6-7(2)12-10/h4-6,8H,11H2,1-3H3/b5-4-. The lowest BCUT2D eigenvalue weighted by Gasteiger charge is -2.02. The Morgan fingerprint density at radius 2 is 2.25 bits per heavy atom. The molecular weight excluding hydrogens is 166 g/mol. The van der Waals surface area contributed by atoms with Crippen molar-refractivity contribution >= 4 is 17.4 Å². The van der Waals surface area contributed by atoms with Crippen molar-refractivity contribution < 1.29 is 0 Å². The molecule has 0 aliphatic heterocycles. The summed E-state index contributed by atoms with van der Waals surface area (Å²) >= 11 is 1.80. The summed E-state index contributed by atoms with van der Waals surface area (Å²) in [4.78, 5) is 2.63. The first-order valence-corrected chi connectivity index (χ1v) is 4.95. The maximum Gasteiger partial charge on any atom is 0.0317 e. The van der Waals surface area contributed by atoms with Crippen LogP contribution < -0.4 is 5.73 Å². The fourth-order valence-corrected chi connectivity index (χ4v) is 2.29. The quantitative estimate of drug-likeness (QED) is 0.745. The number of hydrogen-bond acceptors (Lipinski definition) is 2. The minimum Gasteiger partial charge on any atom is -0.324 e. The second-order valence-corrected chi connectivity index (χ2v) is 4.25. The first kappa shape index (κ1) is 9.49. The Morgan fingerprint density at radius 1 is 1.58 bits per heavy atom. The molecule has 1 atom stereocenters. The normalized spacial score (nSPS) is 14.0. The van der Waals surface area contributed by atoms with Crippen molar-refractivity contribution in [1.82, 2.24) is 0 Å². The number of rotatable bonds is 2. The van der Waals surface area contributed by atoms with Crippen molar-refractivity contribution in [2.75, 3.05) is 0 Å². The predicted octanol–water partition coefficient (Wildman–Crippen LogP) is 3.11. The lowest BCUT2D eigenvalue weighted by molar-refractivity contribution is 0.820. The van der Waals surface area contributed by atoms with E-state index in [1.165, 1.54) is 15.3 Å². The van der Waals surface area contributed by atoms with Crippen LogP contribution in [0, 0.1) is 6.92 Å². The van der Waals surface area contributed by atoms with E-state index in [-0.39, 0.29) is 6.04 Å². The number of hydrogen-bond donors (Lipinski definition) is 1. The van der Waals surface area contributed by atoms with Gasteiger partial charge in [0, 0.05) is 15.8 Å². The van der Waals surface area contributed by atoms with E-state index >= 15 is 0 Å². The maximum atomic E-state index is 5.83. The zero-order valence-corrected chi connectivity index (χ0v) is 8.61. The highest BCUT2D eigenvalue weighted by Crippen LogP contribution is 2.26. The molecule has 0 fully saturated rings. The minimum atomic E-state index is 0.140. The van der Waals surface area contributed by atoms with Crippen LogP contribution in [0.15, 0.2) is 12.1 Å². The number of thiophene rings is 1. The van der Waals surface area contributed by atoms with Gasteiger partial charge in [-0.2, -0.15) is 0 Å². The SMILES string of the molecule is C/C=C\c1sc(C)cc1C(C)N. The van der Waals surface area contributed by atoms with Crippen LogP contribution in [0.5, 0.6) is 0 Å². The third-order valence-electron chi connectivity index (χ3n) is 1.72. The molecule has 12 heavy (non-hydrogen) atoms. The van der Waals surface area contributed by atoms with Crippen LogP contribution >= 0.6 is 11.3 Å². The Hall–Kier alpha value is -0.600. The summed E-state index contributed by atoms with van der Waals surface area (Å²) in [6.45, 7) is 6.16. The van der Waals surface area contributed by atoms with Gasteiger partial charge >= 0.3 is 0 Å². The van der Waals surface area contributed by atoms with Crippen molar-refractivity contribution in [1.29, 1.82) is 0 Å². The second-order valence-electron chi connectivity index (χ2n) is 2.97. The molecule has 1 nitrogen and oxygen atoms in total. The first-order valence-electron chi connectivity index (χ1n) is 4.13. The summed E-state index contributed by atoms with van der Waals surface area (Å²) in [6, 6.07) is 2.31. The molecule has 0 aliphatic carbocycles. The average Bonchev–Trinajstić information content (AvgIpc) is 2.32. The summed E-state index contributed by atoms with van der Waals surface area (Å²) in [7, 11) is 0.